The van der Waals surface area contributed by atoms with Crippen molar-refractivity contribution in [3.05, 3.63) is 118 Å². The van der Waals surface area contributed by atoms with Gasteiger partial charge in [0.1, 0.15) is 17.1 Å². The van der Waals surface area contributed by atoms with Crippen molar-refractivity contribution in [3.63, 3.8) is 0 Å². The predicted octanol–water partition coefficient (Wildman–Crippen LogP) is 7.10. The summed E-state index contributed by atoms with van der Waals surface area (Å²) in [5.74, 6) is -0.130. The van der Waals surface area contributed by atoms with Crippen LogP contribution >= 0.6 is 24.0 Å². The van der Waals surface area contributed by atoms with E-state index in [4.69, 9.17) is 16.3 Å². The first-order chi connectivity index (χ1) is 18.0. The molecular formula is C31H29Cl2NO4. The van der Waals surface area contributed by atoms with Crippen LogP contribution in [0.4, 0.5) is 0 Å². The molecule has 0 bridgehead atoms. The Labute approximate surface area is 233 Å². The highest BCUT2D eigenvalue weighted by Gasteiger charge is 2.20. The molecule has 196 valence electrons. The Hall–Kier alpha value is -3.35. The highest BCUT2D eigenvalue weighted by molar-refractivity contribution is 6.30. The number of hydrogen-bond acceptors (Lipinski definition) is 4. The fraction of sp³-hybridized carbons (Fsp3) is 0.194. The van der Waals surface area contributed by atoms with Gasteiger partial charge in [-0.3, -0.25) is 0 Å². The fourth-order valence-corrected chi connectivity index (χ4v) is 5.02. The van der Waals surface area contributed by atoms with E-state index in [-0.39, 0.29) is 24.0 Å². The molecule has 0 fully saturated rings. The molecule has 0 saturated carbocycles. The molecule has 1 aliphatic carbocycles. The van der Waals surface area contributed by atoms with E-state index >= 15 is 0 Å². The molecule has 0 aliphatic heterocycles. The maximum atomic E-state index is 11.5. The number of aryl methyl sites for hydroxylation is 1. The lowest BCUT2D eigenvalue weighted by Gasteiger charge is -2.27. The van der Waals surface area contributed by atoms with Crippen LogP contribution in [-0.4, -0.2) is 28.8 Å². The SMILES string of the molecule is Cl.O=C(O)c1ccccc1Oc1cccc(-c2ccc3c(c2)C[C@@H](NC[C@@H](O)c2cccc(Cl)c2)CC3)c1. The molecule has 4 aromatic carbocycles. The normalized spacial score (nSPS) is 15.2. The molecule has 5 rings (SSSR count). The summed E-state index contributed by atoms with van der Waals surface area (Å²) in [4.78, 5) is 11.5. The number of fused-ring (bicyclic) bond motifs is 1. The Balaban J connectivity index is 0.00000336. The minimum atomic E-state index is -1.02. The first kappa shape index (κ1) is 27.7. The highest BCUT2D eigenvalue weighted by atomic mass is 35.5. The molecule has 0 unspecified atom stereocenters. The number of aromatic carboxylic acids is 1. The van der Waals surface area contributed by atoms with E-state index in [1.54, 1.807) is 30.3 Å². The van der Waals surface area contributed by atoms with Crippen LogP contribution in [-0.2, 0) is 12.8 Å². The highest BCUT2D eigenvalue weighted by Crippen LogP contribution is 2.32. The summed E-state index contributed by atoms with van der Waals surface area (Å²) in [6, 6.07) is 28.5. The zero-order chi connectivity index (χ0) is 25.8. The molecule has 0 amide bonds. The molecule has 0 heterocycles. The molecule has 7 heteroatoms. The summed E-state index contributed by atoms with van der Waals surface area (Å²) in [6.45, 7) is 0.469. The molecule has 4 aromatic rings. The van der Waals surface area contributed by atoms with Gasteiger partial charge in [0.2, 0.25) is 0 Å². The Morgan fingerprint density at radius 2 is 1.74 bits per heavy atom. The third kappa shape index (κ3) is 6.55. The summed E-state index contributed by atoms with van der Waals surface area (Å²) < 4.78 is 5.94. The van der Waals surface area contributed by atoms with Gasteiger partial charge in [0.15, 0.2) is 0 Å². The molecule has 0 radical (unpaired) electrons. The number of para-hydroxylation sites is 1. The summed E-state index contributed by atoms with van der Waals surface area (Å²) in [5.41, 5.74) is 5.66. The number of halogens is 2. The fourth-order valence-electron chi connectivity index (χ4n) is 4.82. The maximum Gasteiger partial charge on any atom is 0.339 e. The number of carboxylic acid groups (broad SMARTS) is 1. The zero-order valence-corrected chi connectivity index (χ0v) is 22.2. The molecule has 0 saturated heterocycles. The molecule has 5 nitrogen and oxygen atoms in total. The van der Waals surface area contributed by atoms with Gasteiger partial charge in [0, 0.05) is 17.6 Å². The van der Waals surface area contributed by atoms with Crippen LogP contribution in [0.3, 0.4) is 0 Å². The maximum absolute atomic E-state index is 11.5. The monoisotopic (exact) mass is 549 g/mol. The quantitative estimate of drug-likeness (QED) is 0.218. The van der Waals surface area contributed by atoms with E-state index in [0.717, 1.165) is 36.0 Å². The van der Waals surface area contributed by atoms with Crippen LogP contribution in [0, 0.1) is 0 Å². The van der Waals surface area contributed by atoms with Crippen molar-refractivity contribution in [2.75, 3.05) is 6.54 Å². The van der Waals surface area contributed by atoms with E-state index in [1.807, 2.05) is 36.4 Å². The topological polar surface area (TPSA) is 78.8 Å². The van der Waals surface area contributed by atoms with Gasteiger partial charge in [-0.2, -0.15) is 0 Å². The van der Waals surface area contributed by atoms with E-state index in [9.17, 15) is 15.0 Å². The molecule has 2 atom stereocenters. The lowest BCUT2D eigenvalue weighted by Crippen LogP contribution is -2.37. The third-order valence-corrected chi connectivity index (χ3v) is 7.02. The second kappa shape index (κ2) is 12.5. The number of ether oxygens (including phenoxy) is 1. The van der Waals surface area contributed by atoms with Crippen LogP contribution in [0.25, 0.3) is 11.1 Å². The van der Waals surface area contributed by atoms with Gasteiger partial charge >= 0.3 is 5.97 Å². The average Bonchev–Trinajstić information content (AvgIpc) is 2.91. The lowest BCUT2D eigenvalue weighted by molar-refractivity contribution is 0.0694. The van der Waals surface area contributed by atoms with E-state index < -0.39 is 12.1 Å². The van der Waals surface area contributed by atoms with Gasteiger partial charge in [0.05, 0.1) is 6.10 Å². The minimum Gasteiger partial charge on any atom is -0.478 e. The Morgan fingerprint density at radius 3 is 2.55 bits per heavy atom. The van der Waals surface area contributed by atoms with E-state index in [1.165, 1.54) is 17.2 Å². The summed E-state index contributed by atoms with van der Waals surface area (Å²) in [6.07, 6.45) is 2.27. The first-order valence-electron chi connectivity index (χ1n) is 12.4. The molecule has 0 spiro atoms. The van der Waals surface area contributed by atoms with Crippen LogP contribution in [0.15, 0.2) is 91.0 Å². The molecule has 3 N–H and O–H groups in total. The standard InChI is InChI=1S/C31H28ClNO4.ClH/c32-25-7-3-6-23(16-25)29(34)19-33-26-14-13-20-11-12-22(15-24(20)17-26)21-5-4-8-27(18-21)37-30-10-2-1-9-28(30)31(35)36;/h1-12,15-16,18,26,29,33-34H,13-14,17,19H2,(H,35,36);1H/t26-,29+;/m0./s1. The van der Waals surface area contributed by atoms with Gasteiger partial charge in [-0.05, 0) is 83.5 Å². The van der Waals surface area contributed by atoms with Crippen LogP contribution in [0.2, 0.25) is 5.02 Å². The van der Waals surface area contributed by atoms with Gasteiger partial charge in [-0.1, -0.05) is 66.2 Å². The lowest BCUT2D eigenvalue weighted by atomic mass is 9.86. The number of aliphatic hydroxyl groups excluding tert-OH is 1. The number of rotatable bonds is 8. The van der Waals surface area contributed by atoms with E-state index in [0.29, 0.717) is 23.1 Å². The molecule has 38 heavy (non-hydrogen) atoms. The number of carboxylic acids is 1. The largest absolute Gasteiger partial charge is 0.478 e. The Kier molecular flexibility index (Phi) is 9.08. The minimum absolute atomic E-state index is 0. The van der Waals surface area contributed by atoms with Crippen molar-refractivity contribution < 1.29 is 19.7 Å². The van der Waals surface area contributed by atoms with Crippen molar-refractivity contribution in [3.8, 4) is 22.6 Å². The molecular weight excluding hydrogens is 521 g/mol. The van der Waals surface area contributed by atoms with Gasteiger partial charge in [-0.15, -0.1) is 12.4 Å². The van der Waals surface area contributed by atoms with Gasteiger partial charge in [-0.25, -0.2) is 4.79 Å². The molecule has 1 aliphatic rings. The summed E-state index contributed by atoms with van der Waals surface area (Å²) >= 11 is 6.07. The zero-order valence-electron chi connectivity index (χ0n) is 20.6. The van der Waals surface area contributed by atoms with Crippen LogP contribution in [0.5, 0.6) is 11.5 Å². The average molecular weight is 550 g/mol. The second-order valence-electron chi connectivity index (χ2n) is 9.33. The van der Waals surface area contributed by atoms with Gasteiger partial charge in [0.25, 0.3) is 0 Å². The van der Waals surface area contributed by atoms with Gasteiger partial charge < -0.3 is 20.3 Å². The number of carbonyl (C=O) groups is 1. The summed E-state index contributed by atoms with van der Waals surface area (Å²) in [7, 11) is 0. The predicted molar refractivity (Wildman–Crippen MR) is 153 cm³/mol. The second-order valence-corrected chi connectivity index (χ2v) is 9.77. The van der Waals surface area contributed by atoms with Crippen LogP contribution in [0.1, 0.15) is 39.6 Å². The third-order valence-electron chi connectivity index (χ3n) is 6.78. The van der Waals surface area contributed by atoms with Crippen molar-refractivity contribution in [1.82, 2.24) is 5.32 Å². The Morgan fingerprint density at radius 1 is 0.947 bits per heavy atom. The van der Waals surface area contributed by atoms with Crippen molar-refractivity contribution >= 4 is 30.0 Å². The van der Waals surface area contributed by atoms with Crippen LogP contribution < -0.4 is 10.1 Å². The van der Waals surface area contributed by atoms with Crippen molar-refractivity contribution in [2.45, 2.75) is 31.4 Å². The number of hydrogen-bond donors (Lipinski definition) is 3. The van der Waals surface area contributed by atoms with Crippen molar-refractivity contribution in [2.24, 2.45) is 0 Å². The van der Waals surface area contributed by atoms with E-state index in [2.05, 4.69) is 23.5 Å². The summed E-state index contributed by atoms with van der Waals surface area (Å²) in [5, 5.41) is 24.2. The first-order valence-corrected chi connectivity index (χ1v) is 12.7. The van der Waals surface area contributed by atoms with Crippen molar-refractivity contribution in [1.29, 1.82) is 0 Å². The molecule has 0 aromatic heterocycles. The smallest absolute Gasteiger partial charge is 0.339 e. The Bertz CT molecular complexity index is 1420. The number of benzene rings is 4. The number of nitrogens with one attached hydrogen (secondary N) is 1. The number of aliphatic hydroxyl groups is 1.